The summed E-state index contributed by atoms with van der Waals surface area (Å²) in [6.45, 7) is 0. The molecule has 2 N–H and O–H groups in total. The Morgan fingerprint density at radius 3 is 2.25 bits per heavy atom. The van der Waals surface area contributed by atoms with Gasteiger partial charge in [0.1, 0.15) is 5.92 Å². The number of benzene rings is 1. The quantitative estimate of drug-likeness (QED) is 0.850. The number of nitriles is 1. The summed E-state index contributed by atoms with van der Waals surface area (Å²) in [5.74, 6) is 0.282. The van der Waals surface area contributed by atoms with E-state index in [1.54, 1.807) is 24.3 Å². The molecule has 1 aromatic carbocycles. The molecule has 0 aliphatic heterocycles. The molecule has 0 saturated heterocycles. The van der Waals surface area contributed by atoms with E-state index in [0.717, 1.165) is 0 Å². The zero-order valence-corrected chi connectivity index (χ0v) is 11.2. The summed E-state index contributed by atoms with van der Waals surface area (Å²) in [5, 5.41) is 9.42. The number of ether oxygens (including phenoxy) is 2. The summed E-state index contributed by atoms with van der Waals surface area (Å²) in [6.07, 6.45) is 0. The predicted octanol–water partition coefficient (Wildman–Crippen LogP) is 1.73. The van der Waals surface area contributed by atoms with E-state index in [2.05, 4.69) is 16.0 Å². The lowest BCUT2D eigenvalue weighted by molar-refractivity contribution is 0.368. The van der Waals surface area contributed by atoms with E-state index in [1.807, 2.05) is 6.07 Å². The first-order valence-electron chi connectivity index (χ1n) is 5.90. The maximum atomic E-state index is 9.42. The van der Waals surface area contributed by atoms with Crippen LogP contribution in [0.2, 0.25) is 0 Å². The van der Waals surface area contributed by atoms with Gasteiger partial charge in [0.15, 0.2) is 5.82 Å². The average molecular weight is 270 g/mol. The van der Waals surface area contributed by atoms with E-state index >= 15 is 0 Å². The van der Waals surface area contributed by atoms with Crippen molar-refractivity contribution in [1.29, 1.82) is 5.26 Å². The molecule has 1 atom stereocenters. The lowest BCUT2D eigenvalue weighted by Crippen LogP contribution is -2.08. The van der Waals surface area contributed by atoms with Gasteiger partial charge in [0.05, 0.1) is 26.4 Å². The Morgan fingerprint density at radius 2 is 1.75 bits per heavy atom. The van der Waals surface area contributed by atoms with E-state index in [9.17, 15) is 5.26 Å². The van der Waals surface area contributed by atoms with Gasteiger partial charge in [0.2, 0.25) is 11.8 Å². The molecule has 0 saturated carbocycles. The summed E-state index contributed by atoms with van der Waals surface area (Å²) in [5.41, 5.74) is 7.08. The third-order valence-electron chi connectivity index (χ3n) is 2.81. The van der Waals surface area contributed by atoms with E-state index in [0.29, 0.717) is 28.8 Å². The second-order valence-corrected chi connectivity index (χ2v) is 4.00. The van der Waals surface area contributed by atoms with E-state index in [-0.39, 0.29) is 0 Å². The molecule has 0 amide bonds. The minimum atomic E-state index is -0.680. The van der Waals surface area contributed by atoms with E-state index in [1.165, 1.54) is 14.2 Å². The Labute approximate surface area is 116 Å². The highest BCUT2D eigenvalue weighted by molar-refractivity contribution is 5.52. The topological polar surface area (TPSA) is 94.0 Å². The van der Waals surface area contributed by atoms with E-state index < -0.39 is 5.92 Å². The van der Waals surface area contributed by atoms with Gasteiger partial charge < -0.3 is 15.2 Å². The molecule has 1 aromatic heterocycles. The van der Waals surface area contributed by atoms with Crippen molar-refractivity contribution in [3.63, 3.8) is 0 Å². The number of anilines is 1. The van der Waals surface area contributed by atoms with Crippen molar-refractivity contribution in [1.82, 2.24) is 9.97 Å². The number of methoxy groups -OCH3 is 2. The minimum Gasteiger partial charge on any atom is -0.481 e. The highest BCUT2D eigenvalue weighted by Gasteiger charge is 2.21. The zero-order chi connectivity index (χ0) is 14.5. The maximum Gasteiger partial charge on any atom is 0.220 e. The number of nitrogens with two attached hydrogens (primary N) is 1. The van der Waals surface area contributed by atoms with Gasteiger partial charge >= 0.3 is 0 Å². The standard InChI is InChI=1S/C14H14N4O2/c1-19-12-7-13(20-2)18-14(17-12)10(8-15)9-5-3-4-6-11(9)16/h3-7,10H,16H2,1-2H3. The van der Waals surface area contributed by atoms with Crippen LogP contribution < -0.4 is 15.2 Å². The van der Waals surface area contributed by atoms with Gasteiger partial charge in [-0.05, 0) is 11.6 Å². The van der Waals surface area contributed by atoms with Gasteiger partial charge in [-0.2, -0.15) is 15.2 Å². The van der Waals surface area contributed by atoms with Crippen molar-refractivity contribution in [2.24, 2.45) is 0 Å². The molecule has 2 aromatic rings. The van der Waals surface area contributed by atoms with Crippen molar-refractivity contribution in [2.75, 3.05) is 20.0 Å². The molecule has 0 spiro atoms. The van der Waals surface area contributed by atoms with Crippen LogP contribution >= 0.6 is 0 Å². The predicted molar refractivity (Wildman–Crippen MR) is 73.4 cm³/mol. The summed E-state index contributed by atoms with van der Waals surface area (Å²) in [7, 11) is 2.98. The van der Waals surface area contributed by atoms with Crippen LogP contribution in [0.3, 0.4) is 0 Å². The number of nitrogens with zero attached hydrogens (tertiary/aromatic N) is 3. The summed E-state index contributed by atoms with van der Waals surface area (Å²) >= 11 is 0. The van der Waals surface area contributed by atoms with Crippen LogP contribution in [-0.4, -0.2) is 24.2 Å². The molecule has 0 aliphatic rings. The molecule has 6 heteroatoms. The second-order valence-electron chi connectivity index (χ2n) is 4.00. The van der Waals surface area contributed by atoms with Gasteiger partial charge in [-0.25, -0.2) is 0 Å². The number of nitrogen functional groups attached to an aromatic ring is 1. The summed E-state index contributed by atoms with van der Waals surface area (Å²) in [6, 6.07) is 10.8. The van der Waals surface area contributed by atoms with Crippen LogP contribution in [-0.2, 0) is 0 Å². The normalized spacial score (nSPS) is 11.4. The molecular weight excluding hydrogens is 256 g/mol. The molecule has 102 valence electrons. The molecule has 2 rings (SSSR count). The largest absolute Gasteiger partial charge is 0.481 e. The third kappa shape index (κ3) is 2.62. The monoisotopic (exact) mass is 270 g/mol. The molecule has 0 fully saturated rings. The van der Waals surface area contributed by atoms with Crippen molar-refractivity contribution in [3.8, 4) is 17.8 Å². The lowest BCUT2D eigenvalue weighted by atomic mass is 9.98. The fraction of sp³-hybridized carbons (Fsp3) is 0.214. The highest BCUT2D eigenvalue weighted by Crippen LogP contribution is 2.28. The Bertz CT molecular complexity index is 630. The molecule has 1 heterocycles. The Hall–Kier alpha value is -2.81. The Balaban J connectivity index is 2.53. The number of hydrogen-bond acceptors (Lipinski definition) is 6. The van der Waals surface area contributed by atoms with Crippen molar-refractivity contribution < 1.29 is 9.47 Å². The fourth-order valence-corrected chi connectivity index (χ4v) is 1.80. The summed E-state index contributed by atoms with van der Waals surface area (Å²) in [4.78, 5) is 8.39. The van der Waals surface area contributed by atoms with Crippen molar-refractivity contribution in [3.05, 3.63) is 41.7 Å². The van der Waals surface area contributed by atoms with Gasteiger partial charge in [0, 0.05) is 5.69 Å². The minimum absolute atomic E-state index is 0.293. The summed E-state index contributed by atoms with van der Waals surface area (Å²) < 4.78 is 10.2. The van der Waals surface area contributed by atoms with Crippen LogP contribution in [0.1, 0.15) is 17.3 Å². The van der Waals surface area contributed by atoms with Crippen LogP contribution in [0.25, 0.3) is 0 Å². The smallest absolute Gasteiger partial charge is 0.220 e. The first-order valence-corrected chi connectivity index (χ1v) is 5.90. The molecular formula is C14H14N4O2. The number of rotatable bonds is 4. The number of hydrogen-bond donors (Lipinski definition) is 1. The van der Waals surface area contributed by atoms with E-state index in [4.69, 9.17) is 15.2 Å². The molecule has 1 unspecified atom stereocenters. The maximum absolute atomic E-state index is 9.42. The van der Waals surface area contributed by atoms with Crippen molar-refractivity contribution in [2.45, 2.75) is 5.92 Å². The van der Waals surface area contributed by atoms with Crippen molar-refractivity contribution >= 4 is 5.69 Å². The third-order valence-corrected chi connectivity index (χ3v) is 2.81. The molecule has 6 nitrogen and oxygen atoms in total. The zero-order valence-electron chi connectivity index (χ0n) is 11.2. The number of aromatic nitrogens is 2. The van der Waals surface area contributed by atoms with Crippen LogP contribution in [0, 0.1) is 11.3 Å². The molecule has 0 radical (unpaired) electrons. The first kappa shape index (κ1) is 13.6. The fourth-order valence-electron chi connectivity index (χ4n) is 1.80. The average Bonchev–Trinajstić information content (AvgIpc) is 2.49. The molecule has 0 bridgehead atoms. The lowest BCUT2D eigenvalue weighted by Gasteiger charge is -2.12. The van der Waals surface area contributed by atoms with Crippen LogP contribution in [0.5, 0.6) is 11.8 Å². The van der Waals surface area contributed by atoms with Gasteiger partial charge in [-0.15, -0.1) is 0 Å². The SMILES string of the molecule is COc1cc(OC)nc(C(C#N)c2ccccc2N)n1. The van der Waals surface area contributed by atoms with Gasteiger partial charge in [0.25, 0.3) is 0 Å². The second kappa shape index (κ2) is 5.89. The molecule has 20 heavy (non-hydrogen) atoms. The Morgan fingerprint density at radius 1 is 1.15 bits per heavy atom. The first-order chi connectivity index (χ1) is 9.69. The molecule has 0 aliphatic carbocycles. The Kier molecular flexibility index (Phi) is 4.01. The highest BCUT2D eigenvalue weighted by atomic mass is 16.5. The van der Waals surface area contributed by atoms with Gasteiger partial charge in [-0.1, -0.05) is 18.2 Å². The van der Waals surface area contributed by atoms with Crippen LogP contribution in [0.15, 0.2) is 30.3 Å². The van der Waals surface area contributed by atoms with Crippen LogP contribution in [0.4, 0.5) is 5.69 Å². The van der Waals surface area contributed by atoms with Gasteiger partial charge in [-0.3, -0.25) is 0 Å². The number of para-hydroxylation sites is 1.